The Labute approximate surface area is 105 Å². The molecule has 1 heterocycles. The molecule has 1 unspecified atom stereocenters. The van der Waals surface area contributed by atoms with Crippen LogP contribution < -0.4 is 5.32 Å². The van der Waals surface area contributed by atoms with E-state index in [1.165, 1.54) is 11.8 Å². The van der Waals surface area contributed by atoms with Gasteiger partial charge in [0.2, 0.25) is 11.8 Å². The molecule has 2 amide bonds. The van der Waals surface area contributed by atoms with E-state index >= 15 is 0 Å². The molecule has 1 saturated carbocycles. The van der Waals surface area contributed by atoms with Crippen LogP contribution in [0.25, 0.3) is 0 Å². The minimum atomic E-state index is -1.02. The lowest BCUT2D eigenvalue weighted by Gasteiger charge is -2.22. The summed E-state index contributed by atoms with van der Waals surface area (Å²) in [5.74, 6) is -1.46. The predicted octanol–water partition coefficient (Wildman–Crippen LogP) is 0.119. The number of hydrogen-bond acceptors (Lipinski definition) is 4. The van der Waals surface area contributed by atoms with Crippen LogP contribution in [-0.4, -0.2) is 45.9 Å². The highest BCUT2D eigenvalue weighted by Crippen LogP contribution is 2.28. The Morgan fingerprint density at radius 2 is 2.00 bits per heavy atom. The van der Waals surface area contributed by atoms with E-state index in [0.29, 0.717) is 0 Å². The zero-order valence-electron chi connectivity index (χ0n) is 10.4. The summed E-state index contributed by atoms with van der Waals surface area (Å²) < 4.78 is 0. The molecular weight excluding hydrogens is 236 g/mol. The van der Waals surface area contributed by atoms with Crippen molar-refractivity contribution < 1.29 is 19.5 Å². The summed E-state index contributed by atoms with van der Waals surface area (Å²) in [6, 6.07) is -1.48. The van der Waals surface area contributed by atoms with Crippen molar-refractivity contribution in [1.29, 1.82) is 0 Å². The first kappa shape index (κ1) is 13.0. The van der Waals surface area contributed by atoms with E-state index in [-0.39, 0.29) is 24.3 Å². The third-order valence-electron chi connectivity index (χ3n) is 3.69. The van der Waals surface area contributed by atoms with Crippen LogP contribution in [0.1, 0.15) is 39.0 Å². The molecule has 1 saturated heterocycles. The molecule has 2 N–H and O–H groups in total. The second-order valence-corrected chi connectivity index (χ2v) is 5.02. The number of nitrogens with one attached hydrogen (secondary N) is 1. The molecule has 6 heteroatoms. The summed E-state index contributed by atoms with van der Waals surface area (Å²) in [5.41, 5.74) is 0. The van der Waals surface area contributed by atoms with Crippen LogP contribution >= 0.6 is 0 Å². The van der Waals surface area contributed by atoms with Gasteiger partial charge in [0, 0.05) is 6.04 Å². The van der Waals surface area contributed by atoms with Crippen molar-refractivity contribution in [2.24, 2.45) is 0 Å². The molecule has 0 aromatic carbocycles. The summed E-state index contributed by atoms with van der Waals surface area (Å²) in [6.07, 6.45) is 3.92. The third kappa shape index (κ3) is 2.38. The topological polar surface area (TPSA) is 86.7 Å². The van der Waals surface area contributed by atoms with Crippen molar-refractivity contribution in [3.8, 4) is 0 Å². The van der Waals surface area contributed by atoms with E-state index in [9.17, 15) is 14.4 Å². The molecule has 6 nitrogen and oxygen atoms in total. The molecular formula is C12H18N2O4. The van der Waals surface area contributed by atoms with Gasteiger partial charge in [-0.3, -0.25) is 24.6 Å². The standard InChI is InChI=1S/C12H18N2O4/c1-7(12(17)18)13-9-6-10(15)14(11(9)16)8-4-2-3-5-8/h7-9,13H,2-6H2,1H3,(H,17,18)/t7-,9?/m0/s1. The summed E-state index contributed by atoms with van der Waals surface area (Å²) in [7, 11) is 0. The van der Waals surface area contributed by atoms with Gasteiger partial charge in [-0.2, -0.15) is 0 Å². The predicted molar refractivity (Wildman–Crippen MR) is 62.7 cm³/mol. The molecule has 18 heavy (non-hydrogen) atoms. The summed E-state index contributed by atoms with van der Waals surface area (Å²) in [6.45, 7) is 1.47. The maximum Gasteiger partial charge on any atom is 0.320 e. The first-order chi connectivity index (χ1) is 8.50. The SMILES string of the molecule is C[C@H](NC1CC(=O)N(C2CCCC2)C1=O)C(=O)O. The minimum Gasteiger partial charge on any atom is -0.480 e. The number of nitrogens with zero attached hydrogens (tertiary/aromatic N) is 1. The van der Waals surface area contributed by atoms with Crippen LogP contribution in [0.2, 0.25) is 0 Å². The summed E-state index contributed by atoms with van der Waals surface area (Å²) in [4.78, 5) is 36.0. The Kier molecular flexibility index (Phi) is 3.65. The number of carbonyl (C=O) groups is 3. The number of aliphatic carboxylic acids is 1. The number of carboxylic acids is 1. The van der Waals surface area contributed by atoms with E-state index in [1.54, 1.807) is 0 Å². The smallest absolute Gasteiger partial charge is 0.320 e. The molecule has 1 aliphatic carbocycles. The van der Waals surface area contributed by atoms with Gasteiger partial charge in [0.05, 0.1) is 12.5 Å². The Morgan fingerprint density at radius 1 is 1.39 bits per heavy atom. The Morgan fingerprint density at radius 3 is 2.56 bits per heavy atom. The van der Waals surface area contributed by atoms with Gasteiger partial charge in [-0.25, -0.2) is 0 Å². The normalized spacial score (nSPS) is 26.9. The van der Waals surface area contributed by atoms with Crippen LogP contribution in [0.5, 0.6) is 0 Å². The first-order valence-corrected chi connectivity index (χ1v) is 6.35. The van der Waals surface area contributed by atoms with Gasteiger partial charge in [-0.05, 0) is 19.8 Å². The van der Waals surface area contributed by atoms with Gasteiger partial charge < -0.3 is 5.11 Å². The lowest BCUT2D eigenvalue weighted by molar-refractivity contribution is -0.141. The van der Waals surface area contributed by atoms with Gasteiger partial charge in [0.15, 0.2) is 0 Å². The maximum atomic E-state index is 12.1. The fraction of sp³-hybridized carbons (Fsp3) is 0.750. The van der Waals surface area contributed by atoms with Gasteiger partial charge in [0.1, 0.15) is 6.04 Å². The molecule has 0 bridgehead atoms. The Hall–Kier alpha value is -1.43. The number of imide groups is 1. The van der Waals surface area contributed by atoms with Crippen molar-refractivity contribution in [2.45, 2.75) is 57.2 Å². The van der Waals surface area contributed by atoms with E-state index in [4.69, 9.17) is 5.11 Å². The fourth-order valence-electron chi connectivity index (χ4n) is 2.70. The number of amides is 2. The van der Waals surface area contributed by atoms with Gasteiger partial charge >= 0.3 is 5.97 Å². The lowest BCUT2D eigenvalue weighted by Crippen LogP contribution is -2.47. The largest absolute Gasteiger partial charge is 0.480 e. The maximum absolute atomic E-state index is 12.1. The van der Waals surface area contributed by atoms with Gasteiger partial charge in [0.25, 0.3) is 0 Å². The van der Waals surface area contributed by atoms with E-state index in [1.807, 2.05) is 0 Å². The van der Waals surface area contributed by atoms with Gasteiger partial charge in [-0.1, -0.05) is 12.8 Å². The van der Waals surface area contributed by atoms with Crippen LogP contribution in [0.3, 0.4) is 0 Å². The summed E-state index contributed by atoms with van der Waals surface area (Å²) in [5, 5.41) is 11.5. The fourth-order valence-corrected chi connectivity index (χ4v) is 2.70. The molecule has 2 aliphatic rings. The number of carbonyl (C=O) groups excluding carboxylic acids is 2. The number of hydrogen-bond donors (Lipinski definition) is 2. The van der Waals surface area contributed by atoms with Gasteiger partial charge in [-0.15, -0.1) is 0 Å². The number of rotatable bonds is 4. The van der Waals surface area contributed by atoms with E-state index in [2.05, 4.69) is 5.32 Å². The first-order valence-electron chi connectivity index (χ1n) is 6.35. The molecule has 2 atom stereocenters. The van der Waals surface area contributed by atoms with Crippen LogP contribution in [0.15, 0.2) is 0 Å². The quantitative estimate of drug-likeness (QED) is 0.696. The van der Waals surface area contributed by atoms with Crippen LogP contribution in [0, 0.1) is 0 Å². The number of likely N-dealkylation sites (tertiary alicyclic amines) is 1. The molecule has 0 aromatic heterocycles. The van der Waals surface area contributed by atoms with E-state index in [0.717, 1.165) is 25.7 Å². The molecule has 0 aromatic rings. The minimum absolute atomic E-state index is 0.0249. The average Bonchev–Trinajstić information content (AvgIpc) is 2.88. The Bertz CT molecular complexity index is 376. The Balaban J connectivity index is 2.02. The second kappa shape index (κ2) is 5.06. The zero-order chi connectivity index (χ0) is 13.3. The second-order valence-electron chi connectivity index (χ2n) is 5.02. The molecule has 2 rings (SSSR count). The van der Waals surface area contributed by atoms with Crippen LogP contribution in [0.4, 0.5) is 0 Å². The highest BCUT2D eigenvalue weighted by molar-refractivity contribution is 6.06. The van der Waals surface area contributed by atoms with Crippen LogP contribution in [-0.2, 0) is 14.4 Å². The third-order valence-corrected chi connectivity index (χ3v) is 3.69. The van der Waals surface area contributed by atoms with Crippen molar-refractivity contribution in [3.05, 3.63) is 0 Å². The molecule has 0 spiro atoms. The lowest BCUT2D eigenvalue weighted by atomic mass is 10.2. The molecule has 100 valence electrons. The zero-order valence-corrected chi connectivity index (χ0v) is 10.4. The average molecular weight is 254 g/mol. The van der Waals surface area contributed by atoms with E-state index < -0.39 is 18.1 Å². The highest BCUT2D eigenvalue weighted by atomic mass is 16.4. The molecule has 0 radical (unpaired) electrons. The monoisotopic (exact) mass is 254 g/mol. The van der Waals surface area contributed by atoms with Crippen molar-refractivity contribution >= 4 is 17.8 Å². The summed E-state index contributed by atoms with van der Waals surface area (Å²) >= 11 is 0. The highest BCUT2D eigenvalue weighted by Gasteiger charge is 2.43. The van der Waals surface area contributed by atoms with Crippen molar-refractivity contribution in [1.82, 2.24) is 10.2 Å². The van der Waals surface area contributed by atoms with Crippen molar-refractivity contribution in [3.63, 3.8) is 0 Å². The molecule has 2 fully saturated rings. The van der Waals surface area contributed by atoms with Crippen molar-refractivity contribution in [2.75, 3.05) is 0 Å². The number of carboxylic acid groups (broad SMARTS) is 1. The molecule has 1 aliphatic heterocycles.